The molecule has 0 aromatic rings. The normalized spacial score (nSPS) is 35.5. The van der Waals surface area contributed by atoms with Gasteiger partial charge in [0, 0.05) is 25.6 Å². The van der Waals surface area contributed by atoms with Gasteiger partial charge in [0.2, 0.25) is 5.91 Å². The van der Waals surface area contributed by atoms with E-state index in [2.05, 4.69) is 0 Å². The summed E-state index contributed by atoms with van der Waals surface area (Å²) < 4.78 is 0. The predicted octanol–water partition coefficient (Wildman–Crippen LogP) is 3.60. The molecule has 4 heteroatoms. The molecule has 0 spiro atoms. The Morgan fingerprint density at radius 2 is 1.59 bits per heavy atom. The molecule has 2 bridgehead atoms. The summed E-state index contributed by atoms with van der Waals surface area (Å²) in [5.74, 6) is 2.63. The Hall–Kier alpha value is -0.280. The average Bonchev–Trinajstić information content (AvgIpc) is 2.47. The van der Waals surface area contributed by atoms with Crippen LogP contribution in [0.2, 0.25) is 0 Å². The lowest BCUT2D eigenvalue weighted by molar-refractivity contribution is -0.138. The maximum atomic E-state index is 12.8. The van der Waals surface area contributed by atoms with E-state index in [1.165, 1.54) is 51.4 Å². The highest BCUT2D eigenvalue weighted by Crippen LogP contribution is 2.42. The third-order valence-corrected chi connectivity index (χ3v) is 6.40. The second-order valence-corrected chi connectivity index (χ2v) is 7.92. The molecule has 0 saturated heterocycles. The Labute approximate surface area is 141 Å². The van der Waals surface area contributed by atoms with Gasteiger partial charge >= 0.3 is 0 Å². The van der Waals surface area contributed by atoms with E-state index in [1.54, 1.807) is 0 Å². The molecule has 0 radical (unpaired) electrons. The molecule has 3 aliphatic carbocycles. The van der Waals surface area contributed by atoms with Gasteiger partial charge in [0.1, 0.15) is 0 Å². The fraction of sp³-hybridized carbons (Fsp3) is 0.944. The van der Waals surface area contributed by atoms with Crippen LogP contribution >= 0.6 is 12.4 Å². The average molecular weight is 329 g/mol. The van der Waals surface area contributed by atoms with Crippen LogP contribution in [0.5, 0.6) is 0 Å². The molecule has 1 amide bonds. The highest BCUT2D eigenvalue weighted by Gasteiger charge is 2.41. The lowest BCUT2D eigenvalue weighted by Gasteiger charge is -2.44. The standard InChI is InChI=1S/C18H32N2O.ClH/c1-20(12-13-6-3-2-4-7-13)18(21)16-10-14-8-5-9-15(11-16)17(14)19;/h13-17H,2-12,19H2,1H3;1H. The minimum absolute atomic E-state index is 0. The summed E-state index contributed by atoms with van der Waals surface area (Å²) in [7, 11) is 2.03. The maximum Gasteiger partial charge on any atom is 0.225 e. The van der Waals surface area contributed by atoms with Crippen molar-refractivity contribution in [2.75, 3.05) is 13.6 Å². The molecule has 2 atom stereocenters. The highest BCUT2D eigenvalue weighted by atomic mass is 35.5. The Bertz CT molecular complexity index is 356. The van der Waals surface area contributed by atoms with Crippen LogP contribution in [0.15, 0.2) is 0 Å². The van der Waals surface area contributed by atoms with Crippen LogP contribution in [0, 0.1) is 23.7 Å². The molecular formula is C18H33ClN2O. The maximum absolute atomic E-state index is 12.8. The van der Waals surface area contributed by atoms with Crippen molar-refractivity contribution in [3.63, 3.8) is 0 Å². The van der Waals surface area contributed by atoms with Crippen LogP contribution in [0.25, 0.3) is 0 Å². The van der Waals surface area contributed by atoms with Gasteiger partial charge in [0.25, 0.3) is 0 Å². The van der Waals surface area contributed by atoms with Gasteiger partial charge in [0.05, 0.1) is 0 Å². The minimum Gasteiger partial charge on any atom is -0.345 e. The Kier molecular flexibility index (Phi) is 6.58. The SMILES string of the molecule is CN(CC1CCCCC1)C(=O)C1CC2CCCC(C1)C2N.Cl. The zero-order valence-corrected chi connectivity index (χ0v) is 14.8. The topological polar surface area (TPSA) is 46.3 Å². The molecule has 0 aliphatic heterocycles. The largest absolute Gasteiger partial charge is 0.345 e. The van der Waals surface area contributed by atoms with Crippen LogP contribution in [0.1, 0.15) is 64.2 Å². The molecule has 0 aromatic heterocycles. The van der Waals surface area contributed by atoms with Gasteiger partial charge in [-0.3, -0.25) is 4.79 Å². The number of hydrogen-bond acceptors (Lipinski definition) is 2. The van der Waals surface area contributed by atoms with Crippen molar-refractivity contribution in [2.24, 2.45) is 29.4 Å². The molecule has 3 aliphatic rings. The molecule has 2 N–H and O–H groups in total. The number of nitrogens with zero attached hydrogens (tertiary/aromatic N) is 1. The van der Waals surface area contributed by atoms with E-state index in [1.807, 2.05) is 11.9 Å². The monoisotopic (exact) mass is 328 g/mol. The van der Waals surface area contributed by atoms with E-state index in [0.29, 0.717) is 23.8 Å². The lowest BCUT2D eigenvalue weighted by atomic mass is 9.65. The number of carbonyl (C=O) groups excluding carboxylic acids is 1. The van der Waals surface area contributed by atoms with Gasteiger partial charge < -0.3 is 10.6 Å². The van der Waals surface area contributed by atoms with Crippen LogP contribution < -0.4 is 5.73 Å². The van der Waals surface area contributed by atoms with Crippen LogP contribution in [0.4, 0.5) is 0 Å². The highest BCUT2D eigenvalue weighted by molar-refractivity contribution is 5.85. The van der Waals surface area contributed by atoms with E-state index < -0.39 is 0 Å². The first-order valence-electron chi connectivity index (χ1n) is 9.15. The van der Waals surface area contributed by atoms with E-state index in [0.717, 1.165) is 25.3 Å². The Morgan fingerprint density at radius 1 is 1.00 bits per heavy atom. The summed E-state index contributed by atoms with van der Waals surface area (Å²) in [6, 6.07) is 0.367. The van der Waals surface area contributed by atoms with E-state index in [4.69, 9.17) is 5.73 Å². The van der Waals surface area contributed by atoms with Crippen molar-refractivity contribution in [1.82, 2.24) is 4.90 Å². The molecule has 2 unspecified atom stereocenters. The fourth-order valence-corrected chi connectivity index (χ4v) is 5.15. The van der Waals surface area contributed by atoms with E-state index in [9.17, 15) is 4.79 Å². The minimum atomic E-state index is 0. The number of halogens is 1. The molecule has 128 valence electrons. The van der Waals surface area contributed by atoms with Gasteiger partial charge in [-0.1, -0.05) is 25.7 Å². The lowest BCUT2D eigenvalue weighted by Crippen LogP contribution is -2.49. The smallest absolute Gasteiger partial charge is 0.225 e. The first kappa shape index (κ1) is 18.1. The van der Waals surface area contributed by atoms with Gasteiger partial charge in [0.15, 0.2) is 0 Å². The summed E-state index contributed by atoms with van der Waals surface area (Å²) in [5.41, 5.74) is 6.35. The van der Waals surface area contributed by atoms with Gasteiger partial charge in [-0.05, 0) is 56.3 Å². The molecule has 22 heavy (non-hydrogen) atoms. The third kappa shape index (κ3) is 3.97. The predicted molar refractivity (Wildman–Crippen MR) is 93.0 cm³/mol. The molecule has 0 aromatic carbocycles. The second-order valence-electron chi connectivity index (χ2n) is 7.92. The Balaban J connectivity index is 0.00000176. The van der Waals surface area contributed by atoms with Gasteiger partial charge in [-0.2, -0.15) is 0 Å². The van der Waals surface area contributed by atoms with Crippen molar-refractivity contribution in [3.8, 4) is 0 Å². The van der Waals surface area contributed by atoms with Gasteiger partial charge in [-0.25, -0.2) is 0 Å². The van der Waals surface area contributed by atoms with Crippen LogP contribution in [-0.2, 0) is 4.79 Å². The number of hydrogen-bond donors (Lipinski definition) is 1. The Morgan fingerprint density at radius 3 is 2.18 bits per heavy atom. The first-order valence-corrected chi connectivity index (χ1v) is 9.15. The number of nitrogens with two attached hydrogens (primary N) is 1. The van der Waals surface area contributed by atoms with Crippen molar-refractivity contribution < 1.29 is 4.79 Å². The number of rotatable bonds is 3. The molecule has 0 heterocycles. The van der Waals surface area contributed by atoms with E-state index in [-0.39, 0.29) is 18.3 Å². The number of fused-ring (bicyclic) bond motifs is 2. The van der Waals surface area contributed by atoms with Crippen LogP contribution in [0.3, 0.4) is 0 Å². The number of carbonyl (C=O) groups is 1. The third-order valence-electron chi connectivity index (χ3n) is 6.40. The summed E-state index contributed by atoms with van der Waals surface area (Å²) in [6.07, 6.45) is 12.6. The first-order chi connectivity index (χ1) is 10.1. The second kappa shape index (κ2) is 8.01. The summed E-state index contributed by atoms with van der Waals surface area (Å²) in [5, 5.41) is 0. The summed E-state index contributed by atoms with van der Waals surface area (Å²) in [6.45, 7) is 0.983. The quantitative estimate of drug-likeness (QED) is 0.860. The fourth-order valence-electron chi connectivity index (χ4n) is 5.15. The molecule has 3 nitrogen and oxygen atoms in total. The van der Waals surface area contributed by atoms with Crippen molar-refractivity contribution >= 4 is 18.3 Å². The molecule has 3 fully saturated rings. The molecular weight excluding hydrogens is 296 g/mol. The van der Waals surface area contributed by atoms with E-state index >= 15 is 0 Å². The van der Waals surface area contributed by atoms with Crippen molar-refractivity contribution in [3.05, 3.63) is 0 Å². The molecule has 3 saturated carbocycles. The number of amides is 1. The summed E-state index contributed by atoms with van der Waals surface area (Å²) >= 11 is 0. The van der Waals surface area contributed by atoms with Crippen molar-refractivity contribution in [1.29, 1.82) is 0 Å². The zero-order valence-electron chi connectivity index (χ0n) is 14.0. The molecule has 3 rings (SSSR count). The summed E-state index contributed by atoms with van der Waals surface area (Å²) in [4.78, 5) is 14.8. The van der Waals surface area contributed by atoms with Gasteiger partial charge in [-0.15, -0.1) is 12.4 Å². The van der Waals surface area contributed by atoms with Crippen LogP contribution in [-0.4, -0.2) is 30.4 Å². The zero-order chi connectivity index (χ0) is 14.8. The van der Waals surface area contributed by atoms with Crippen molar-refractivity contribution in [2.45, 2.75) is 70.3 Å².